The molecule has 0 bridgehead atoms. The predicted molar refractivity (Wildman–Crippen MR) is 61.1 cm³/mol. The number of hydrogen-bond acceptors (Lipinski definition) is 4. The number of nitrogens with one attached hydrogen (secondary N) is 1. The first kappa shape index (κ1) is 14.7. The van der Waals surface area contributed by atoms with Crippen LogP contribution in [0.2, 0.25) is 0 Å². The van der Waals surface area contributed by atoms with E-state index in [-0.39, 0.29) is 10.3 Å². The lowest BCUT2D eigenvalue weighted by Gasteiger charge is -2.17. The molecule has 11 heteroatoms. The maximum absolute atomic E-state index is 11.2. The molecule has 17 heavy (non-hydrogen) atoms. The minimum Gasteiger partial charge on any atom is -0.350 e. The fourth-order valence-corrected chi connectivity index (χ4v) is 3.86. The van der Waals surface area contributed by atoms with Gasteiger partial charge in [-0.1, -0.05) is 12.2 Å². The summed E-state index contributed by atoms with van der Waals surface area (Å²) in [5.41, 5.74) is -1.80. The van der Waals surface area contributed by atoms with E-state index < -0.39 is 27.0 Å². The first-order valence-corrected chi connectivity index (χ1v) is 8.13. The van der Waals surface area contributed by atoms with Crippen LogP contribution in [0.5, 0.6) is 0 Å². The molecule has 0 aromatic carbocycles. The summed E-state index contributed by atoms with van der Waals surface area (Å²) in [4.78, 5) is 41.8. The van der Waals surface area contributed by atoms with Crippen LogP contribution in [0.4, 0.5) is 0 Å². The minimum atomic E-state index is -4.72. The van der Waals surface area contributed by atoms with Crippen molar-refractivity contribution in [2.45, 2.75) is 5.66 Å². The van der Waals surface area contributed by atoms with Crippen molar-refractivity contribution in [3.05, 3.63) is 22.7 Å². The molecule has 1 rings (SSSR count). The molecule has 1 aromatic heterocycles. The van der Waals surface area contributed by atoms with Crippen molar-refractivity contribution in [2.75, 3.05) is 6.16 Å². The Labute approximate surface area is 101 Å². The highest BCUT2D eigenvalue weighted by atomic mass is 32.1. The van der Waals surface area contributed by atoms with E-state index in [9.17, 15) is 9.13 Å². The van der Waals surface area contributed by atoms with Crippen LogP contribution in [0.3, 0.4) is 0 Å². The first-order chi connectivity index (χ1) is 7.59. The zero-order valence-electron chi connectivity index (χ0n) is 8.29. The van der Waals surface area contributed by atoms with E-state index in [0.717, 1.165) is 12.4 Å². The molecule has 0 saturated carbocycles. The molecule has 0 aliphatic rings. The lowest BCUT2D eigenvalue weighted by atomic mass is 10.3. The molecule has 8 nitrogen and oxygen atoms in total. The standard InChI is InChI=1S/C6H10N2O6P2S/c9-15(10,11)3-5(16(12,13)14)4-1-8-6(17)2-7-4/h1-2,5H,3H2,(H,8,17)(H2,9,10,11)(H2,12,13,14). The van der Waals surface area contributed by atoms with Crippen LogP contribution in [0.1, 0.15) is 11.4 Å². The average molecular weight is 300 g/mol. The zero-order chi connectivity index (χ0) is 13.3. The first-order valence-electron chi connectivity index (χ1n) is 4.24. The number of rotatable bonds is 4. The fourth-order valence-electron chi connectivity index (χ4n) is 1.13. The summed E-state index contributed by atoms with van der Waals surface area (Å²) in [6, 6.07) is 0. The summed E-state index contributed by atoms with van der Waals surface area (Å²) in [7, 11) is -9.29. The molecule has 0 amide bonds. The third kappa shape index (κ3) is 4.77. The topological polar surface area (TPSA) is 144 Å². The molecular weight excluding hydrogens is 290 g/mol. The van der Waals surface area contributed by atoms with Gasteiger partial charge in [0.1, 0.15) is 10.3 Å². The molecule has 0 aliphatic carbocycles. The molecule has 5 N–H and O–H groups in total. The second-order valence-corrected chi connectivity index (χ2v) is 7.22. The molecule has 1 unspecified atom stereocenters. The van der Waals surface area contributed by atoms with Gasteiger partial charge >= 0.3 is 15.2 Å². The molecule has 0 aliphatic heterocycles. The normalized spacial score (nSPS) is 14.6. The largest absolute Gasteiger partial charge is 0.350 e. The Morgan fingerprint density at radius 1 is 1.35 bits per heavy atom. The Morgan fingerprint density at radius 2 is 1.94 bits per heavy atom. The maximum atomic E-state index is 11.2. The number of aromatic amines is 1. The molecule has 0 saturated heterocycles. The zero-order valence-corrected chi connectivity index (χ0v) is 10.9. The van der Waals surface area contributed by atoms with Gasteiger partial charge < -0.3 is 24.6 Å². The minimum absolute atomic E-state index is 0.143. The van der Waals surface area contributed by atoms with E-state index in [2.05, 4.69) is 9.97 Å². The Morgan fingerprint density at radius 3 is 2.29 bits per heavy atom. The van der Waals surface area contributed by atoms with Crippen LogP contribution in [0.25, 0.3) is 0 Å². The fraction of sp³-hybridized carbons (Fsp3) is 0.333. The van der Waals surface area contributed by atoms with Gasteiger partial charge in [0.05, 0.1) is 18.1 Å². The van der Waals surface area contributed by atoms with Gasteiger partial charge in [-0.05, 0) is 0 Å². The SMILES string of the molecule is O=P(O)(O)CC(c1c[nH]c(=S)cn1)P(=O)(O)O. The van der Waals surface area contributed by atoms with Crippen LogP contribution in [0.15, 0.2) is 12.4 Å². The van der Waals surface area contributed by atoms with Crippen molar-refractivity contribution in [1.82, 2.24) is 9.97 Å². The summed E-state index contributed by atoms with van der Waals surface area (Å²) in [5.74, 6) is 0. The molecule has 0 fully saturated rings. The monoisotopic (exact) mass is 300 g/mol. The van der Waals surface area contributed by atoms with E-state index in [1.54, 1.807) is 0 Å². The summed E-state index contributed by atoms with van der Waals surface area (Å²) in [5, 5.41) is 0. The molecule has 0 radical (unpaired) electrons. The highest BCUT2D eigenvalue weighted by Gasteiger charge is 2.37. The van der Waals surface area contributed by atoms with Crippen molar-refractivity contribution in [2.24, 2.45) is 0 Å². The second-order valence-electron chi connectivity index (χ2n) is 3.29. The number of hydrogen-bond donors (Lipinski definition) is 5. The van der Waals surface area contributed by atoms with Gasteiger partial charge in [0.15, 0.2) is 0 Å². The Balaban J connectivity index is 3.16. The van der Waals surface area contributed by atoms with E-state index >= 15 is 0 Å². The van der Waals surface area contributed by atoms with E-state index in [4.69, 9.17) is 31.8 Å². The van der Waals surface area contributed by atoms with E-state index in [1.807, 2.05) is 0 Å². The van der Waals surface area contributed by atoms with Crippen LogP contribution >= 0.6 is 27.4 Å². The number of nitrogens with zero attached hydrogens (tertiary/aromatic N) is 1. The maximum Gasteiger partial charge on any atom is 0.335 e. The van der Waals surface area contributed by atoms with Crippen LogP contribution in [0, 0.1) is 4.64 Å². The van der Waals surface area contributed by atoms with Crippen molar-refractivity contribution >= 4 is 27.4 Å². The Kier molecular flexibility index (Phi) is 4.38. The quantitative estimate of drug-likeness (QED) is 0.400. The highest BCUT2D eigenvalue weighted by Crippen LogP contribution is 2.56. The molecule has 1 aromatic rings. The van der Waals surface area contributed by atoms with Crippen LogP contribution in [-0.2, 0) is 9.13 Å². The average Bonchev–Trinajstić information content (AvgIpc) is 2.13. The van der Waals surface area contributed by atoms with Crippen LogP contribution in [-0.4, -0.2) is 35.7 Å². The second kappa shape index (κ2) is 5.07. The number of H-pyrrole nitrogens is 1. The number of aromatic nitrogens is 2. The summed E-state index contributed by atoms with van der Waals surface area (Å²) >= 11 is 4.70. The van der Waals surface area contributed by atoms with E-state index in [0.29, 0.717) is 0 Å². The van der Waals surface area contributed by atoms with Crippen molar-refractivity contribution in [1.29, 1.82) is 0 Å². The summed E-state index contributed by atoms with van der Waals surface area (Å²) < 4.78 is 22.2. The van der Waals surface area contributed by atoms with E-state index in [1.165, 1.54) is 0 Å². The van der Waals surface area contributed by atoms with Gasteiger partial charge in [0, 0.05) is 6.20 Å². The van der Waals surface area contributed by atoms with Gasteiger partial charge in [-0.15, -0.1) is 0 Å². The third-order valence-corrected chi connectivity index (χ3v) is 4.46. The Bertz CT molecular complexity index is 527. The van der Waals surface area contributed by atoms with Crippen molar-refractivity contribution in [3.8, 4) is 0 Å². The lowest BCUT2D eigenvalue weighted by molar-refractivity contribution is 0.346. The summed E-state index contributed by atoms with van der Waals surface area (Å²) in [6.45, 7) is 0. The molecule has 1 atom stereocenters. The van der Waals surface area contributed by atoms with Gasteiger partial charge in [-0.3, -0.25) is 14.1 Å². The van der Waals surface area contributed by atoms with Gasteiger partial charge in [0.25, 0.3) is 0 Å². The van der Waals surface area contributed by atoms with Crippen molar-refractivity contribution in [3.63, 3.8) is 0 Å². The van der Waals surface area contributed by atoms with Gasteiger partial charge in [0.2, 0.25) is 0 Å². The molecule has 1 heterocycles. The van der Waals surface area contributed by atoms with Crippen LogP contribution < -0.4 is 0 Å². The Hall–Kier alpha value is -0.400. The van der Waals surface area contributed by atoms with Crippen molar-refractivity contribution < 1.29 is 28.7 Å². The predicted octanol–water partition coefficient (Wildman–Crippen LogP) is 0.536. The molecule has 0 spiro atoms. The summed E-state index contributed by atoms with van der Waals surface area (Å²) in [6.07, 6.45) is 1.30. The molecule has 96 valence electrons. The highest BCUT2D eigenvalue weighted by molar-refractivity contribution is 7.71. The van der Waals surface area contributed by atoms with Gasteiger partial charge in [-0.2, -0.15) is 0 Å². The third-order valence-electron chi connectivity index (χ3n) is 1.85. The smallest absolute Gasteiger partial charge is 0.335 e. The molecular formula is C6H10N2O6P2S. The lowest BCUT2D eigenvalue weighted by Crippen LogP contribution is -2.08. The van der Waals surface area contributed by atoms with Gasteiger partial charge in [-0.25, -0.2) is 0 Å².